The number of benzene rings is 1. The highest BCUT2D eigenvalue weighted by atomic mass is 19.3. The second-order valence-electron chi connectivity index (χ2n) is 8.37. The molecule has 0 atom stereocenters. The second-order valence-corrected chi connectivity index (χ2v) is 8.37. The number of methoxy groups -OCH3 is 1. The Hall–Kier alpha value is -3.10. The SMILES string of the molecule is COC(=O)C1CC(n2nc(-c3nc(C4(c5ccccc5C)CC4)no3)cc2C(F)F)C1. The van der Waals surface area contributed by atoms with Crippen molar-refractivity contribution in [2.24, 2.45) is 5.92 Å². The van der Waals surface area contributed by atoms with Gasteiger partial charge in [0.1, 0.15) is 5.69 Å². The summed E-state index contributed by atoms with van der Waals surface area (Å²) in [5, 5.41) is 8.51. The number of halogens is 2. The van der Waals surface area contributed by atoms with E-state index in [-0.39, 0.29) is 40.6 Å². The number of aryl methyl sites for hydroxylation is 1. The fraction of sp³-hybridized carbons (Fsp3) is 0.455. The summed E-state index contributed by atoms with van der Waals surface area (Å²) >= 11 is 0. The molecule has 0 N–H and O–H groups in total. The molecule has 2 aromatic heterocycles. The molecule has 2 saturated carbocycles. The maximum atomic E-state index is 13.7. The van der Waals surface area contributed by atoms with Crippen LogP contribution in [0.15, 0.2) is 34.9 Å². The van der Waals surface area contributed by atoms with Crippen LogP contribution in [0.5, 0.6) is 0 Å². The smallest absolute Gasteiger partial charge is 0.308 e. The Morgan fingerprint density at radius 2 is 2.03 bits per heavy atom. The average Bonchev–Trinajstić information content (AvgIpc) is 3.17. The standard InChI is InChI=1S/C22H22F2N4O3/c1-12-5-3-4-6-15(12)22(7-8-22)21-25-19(31-27-21)16-11-17(18(23)24)28(26-16)14-9-13(10-14)20(29)30-2/h3-6,11,13-14,18H,7-10H2,1-2H3. The minimum atomic E-state index is -2.71. The van der Waals surface area contributed by atoms with Gasteiger partial charge >= 0.3 is 5.97 Å². The van der Waals surface area contributed by atoms with Gasteiger partial charge in [0.15, 0.2) is 11.5 Å². The summed E-state index contributed by atoms with van der Waals surface area (Å²) in [5.74, 6) is 0.0698. The van der Waals surface area contributed by atoms with Crippen LogP contribution >= 0.6 is 0 Å². The van der Waals surface area contributed by atoms with E-state index < -0.39 is 6.43 Å². The van der Waals surface area contributed by atoms with Gasteiger partial charge in [-0.1, -0.05) is 29.4 Å². The summed E-state index contributed by atoms with van der Waals surface area (Å²) in [5.41, 5.74) is 2.02. The number of rotatable bonds is 6. The molecule has 9 heteroatoms. The van der Waals surface area contributed by atoms with Gasteiger partial charge in [-0.25, -0.2) is 8.78 Å². The molecule has 0 bridgehead atoms. The maximum Gasteiger partial charge on any atom is 0.308 e. The van der Waals surface area contributed by atoms with Crippen molar-refractivity contribution in [3.05, 3.63) is 53.0 Å². The molecule has 2 heterocycles. The fourth-order valence-corrected chi connectivity index (χ4v) is 4.49. The number of nitrogens with zero attached hydrogens (tertiary/aromatic N) is 4. The van der Waals surface area contributed by atoms with Crippen molar-refractivity contribution < 1.29 is 22.8 Å². The number of hydrogen-bond donors (Lipinski definition) is 0. The zero-order chi connectivity index (χ0) is 21.8. The largest absolute Gasteiger partial charge is 0.469 e. The molecule has 1 aromatic carbocycles. The van der Waals surface area contributed by atoms with Crippen LogP contribution in [-0.4, -0.2) is 33.0 Å². The monoisotopic (exact) mass is 428 g/mol. The molecule has 2 aliphatic rings. The van der Waals surface area contributed by atoms with Crippen molar-refractivity contribution in [2.45, 2.75) is 50.5 Å². The first kappa shape index (κ1) is 19.8. The van der Waals surface area contributed by atoms with E-state index in [1.54, 1.807) is 0 Å². The maximum absolute atomic E-state index is 13.7. The molecule has 0 spiro atoms. The minimum Gasteiger partial charge on any atom is -0.469 e. The zero-order valence-electron chi connectivity index (χ0n) is 17.2. The van der Waals surface area contributed by atoms with E-state index in [1.165, 1.54) is 17.9 Å². The number of alkyl halides is 2. The lowest BCUT2D eigenvalue weighted by Crippen LogP contribution is -2.34. The second kappa shape index (κ2) is 7.25. The fourth-order valence-electron chi connectivity index (χ4n) is 4.49. The van der Waals surface area contributed by atoms with Crippen LogP contribution in [0.2, 0.25) is 0 Å². The predicted octanol–water partition coefficient (Wildman–Crippen LogP) is 4.38. The summed E-state index contributed by atoms with van der Waals surface area (Å²) in [6.45, 7) is 2.05. The zero-order valence-corrected chi connectivity index (χ0v) is 17.2. The molecule has 0 aliphatic heterocycles. The summed E-state index contributed by atoms with van der Waals surface area (Å²) in [6.07, 6.45) is -0.0601. The van der Waals surface area contributed by atoms with E-state index >= 15 is 0 Å². The highest BCUT2D eigenvalue weighted by Gasteiger charge is 2.51. The lowest BCUT2D eigenvalue weighted by atomic mass is 9.80. The van der Waals surface area contributed by atoms with Crippen molar-refractivity contribution in [1.82, 2.24) is 19.9 Å². The van der Waals surface area contributed by atoms with E-state index in [1.807, 2.05) is 25.1 Å². The van der Waals surface area contributed by atoms with Gasteiger partial charge in [-0.15, -0.1) is 0 Å². The first-order chi connectivity index (χ1) is 14.9. The molecule has 162 valence electrons. The first-order valence-corrected chi connectivity index (χ1v) is 10.3. The Morgan fingerprint density at radius 1 is 1.29 bits per heavy atom. The van der Waals surface area contributed by atoms with Gasteiger partial charge in [-0.3, -0.25) is 9.48 Å². The molecule has 3 aromatic rings. The number of carbonyl (C=O) groups is 1. The summed E-state index contributed by atoms with van der Waals surface area (Å²) in [6, 6.07) is 9.09. The highest BCUT2D eigenvalue weighted by Crippen LogP contribution is 2.53. The van der Waals surface area contributed by atoms with Crippen LogP contribution in [0.4, 0.5) is 8.78 Å². The molecule has 0 saturated heterocycles. The molecule has 0 unspecified atom stereocenters. The normalized spacial score (nSPS) is 21.7. The summed E-state index contributed by atoms with van der Waals surface area (Å²) in [7, 11) is 1.32. The molecule has 31 heavy (non-hydrogen) atoms. The summed E-state index contributed by atoms with van der Waals surface area (Å²) < 4.78 is 38.8. The predicted molar refractivity (Wildman–Crippen MR) is 105 cm³/mol. The lowest BCUT2D eigenvalue weighted by Gasteiger charge is -2.34. The van der Waals surface area contributed by atoms with Crippen molar-refractivity contribution in [2.75, 3.05) is 7.11 Å². The topological polar surface area (TPSA) is 83.0 Å². The molecule has 0 radical (unpaired) electrons. The Kier molecular flexibility index (Phi) is 4.64. The minimum absolute atomic E-state index is 0.124. The number of aromatic nitrogens is 4. The number of esters is 1. The van der Waals surface area contributed by atoms with E-state index in [0.29, 0.717) is 18.7 Å². The highest BCUT2D eigenvalue weighted by molar-refractivity contribution is 5.73. The third kappa shape index (κ3) is 3.23. The molecule has 7 nitrogen and oxygen atoms in total. The number of hydrogen-bond acceptors (Lipinski definition) is 6. The summed E-state index contributed by atoms with van der Waals surface area (Å²) in [4.78, 5) is 16.2. The van der Waals surface area contributed by atoms with Crippen LogP contribution in [0.1, 0.15) is 60.8 Å². The molecule has 0 amide bonds. The van der Waals surface area contributed by atoms with Crippen molar-refractivity contribution in [3.8, 4) is 11.6 Å². The van der Waals surface area contributed by atoms with Crippen molar-refractivity contribution >= 4 is 5.97 Å². The molecule has 5 rings (SSSR count). The van der Waals surface area contributed by atoms with Crippen LogP contribution in [0.25, 0.3) is 11.6 Å². The van der Waals surface area contributed by atoms with E-state index in [0.717, 1.165) is 24.0 Å². The van der Waals surface area contributed by atoms with Gasteiger partial charge in [-0.05, 0) is 49.8 Å². The lowest BCUT2D eigenvalue weighted by molar-refractivity contribution is -0.149. The van der Waals surface area contributed by atoms with Gasteiger partial charge in [0, 0.05) is 0 Å². The van der Waals surface area contributed by atoms with Gasteiger partial charge in [0.05, 0.1) is 24.5 Å². The van der Waals surface area contributed by atoms with Crippen LogP contribution in [0, 0.1) is 12.8 Å². The molecule has 2 aliphatic carbocycles. The third-order valence-electron chi connectivity index (χ3n) is 6.47. The first-order valence-electron chi connectivity index (χ1n) is 10.3. The molecular weight excluding hydrogens is 406 g/mol. The van der Waals surface area contributed by atoms with E-state index in [4.69, 9.17) is 9.26 Å². The van der Waals surface area contributed by atoms with E-state index in [9.17, 15) is 13.6 Å². The quantitative estimate of drug-likeness (QED) is 0.542. The Labute approximate surface area is 177 Å². The van der Waals surface area contributed by atoms with Gasteiger partial charge in [0.25, 0.3) is 12.3 Å². The van der Waals surface area contributed by atoms with Crippen molar-refractivity contribution in [3.63, 3.8) is 0 Å². The van der Waals surface area contributed by atoms with Crippen LogP contribution < -0.4 is 0 Å². The van der Waals surface area contributed by atoms with Gasteiger partial charge < -0.3 is 9.26 Å². The average molecular weight is 428 g/mol. The Bertz CT molecular complexity index is 1130. The number of ether oxygens (including phenoxy) is 1. The van der Waals surface area contributed by atoms with Crippen LogP contribution in [-0.2, 0) is 14.9 Å². The number of carbonyl (C=O) groups excluding carboxylic acids is 1. The third-order valence-corrected chi connectivity index (χ3v) is 6.47. The Balaban J connectivity index is 1.43. The van der Waals surface area contributed by atoms with Crippen molar-refractivity contribution in [1.29, 1.82) is 0 Å². The van der Waals surface area contributed by atoms with Crippen LogP contribution in [0.3, 0.4) is 0 Å². The molecule has 2 fully saturated rings. The molecular formula is C22H22F2N4O3. The van der Waals surface area contributed by atoms with Gasteiger partial charge in [-0.2, -0.15) is 10.1 Å². The Morgan fingerprint density at radius 3 is 2.68 bits per heavy atom. The van der Waals surface area contributed by atoms with Gasteiger partial charge in [0.2, 0.25) is 0 Å². The van der Waals surface area contributed by atoms with E-state index in [2.05, 4.69) is 21.3 Å².